The number of hydrogen-bond donors (Lipinski definition) is 2. The van der Waals surface area contributed by atoms with Crippen LogP contribution in [0.4, 0.5) is 13.2 Å². The number of halogens is 3. The summed E-state index contributed by atoms with van der Waals surface area (Å²) >= 11 is 0. The number of nitrogens with zero attached hydrogens (tertiary/aromatic N) is 2. The SMILES string of the molecule is CC(C)(CNC(=O)c1nccnc1C(=O)O)C(F)(F)F. The van der Waals surface area contributed by atoms with Crippen molar-refractivity contribution in [1.82, 2.24) is 15.3 Å². The molecule has 0 spiro atoms. The van der Waals surface area contributed by atoms with Crippen molar-refractivity contribution >= 4 is 11.9 Å². The normalized spacial score (nSPS) is 12.1. The number of carboxylic acid groups (broad SMARTS) is 1. The Balaban J connectivity index is 2.86. The number of carbonyl (C=O) groups excluding carboxylic acids is 1. The molecule has 0 saturated heterocycles. The second-order valence-corrected chi connectivity index (χ2v) is 4.62. The van der Waals surface area contributed by atoms with Crippen molar-refractivity contribution in [3.8, 4) is 0 Å². The summed E-state index contributed by atoms with van der Waals surface area (Å²) in [5, 5.41) is 10.8. The summed E-state index contributed by atoms with van der Waals surface area (Å²) in [6, 6.07) is 0. The summed E-state index contributed by atoms with van der Waals surface area (Å²) in [5.41, 5.74) is -3.29. The monoisotopic (exact) mass is 291 g/mol. The second kappa shape index (κ2) is 5.43. The Bertz CT molecular complexity index is 529. The van der Waals surface area contributed by atoms with Crippen LogP contribution in [0.1, 0.15) is 34.8 Å². The summed E-state index contributed by atoms with van der Waals surface area (Å²) in [5.74, 6) is -2.51. The minimum Gasteiger partial charge on any atom is -0.476 e. The average Bonchev–Trinajstić information content (AvgIpc) is 2.34. The second-order valence-electron chi connectivity index (χ2n) is 4.62. The van der Waals surface area contributed by atoms with Gasteiger partial charge in [0.25, 0.3) is 5.91 Å². The summed E-state index contributed by atoms with van der Waals surface area (Å²) < 4.78 is 37.9. The topological polar surface area (TPSA) is 92.2 Å². The zero-order chi connectivity index (χ0) is 15.6. The van der Waals surface area contributed by atoms with Crippen LogP contribution < -0.4 is 5.32 Å². The van der Waals surface area contributed by atoms with Gasteiger partial charge in [0.05, 0.1) is 5.41 Å². The first-order valence-corrected chi connectivity index (χ1v) is 5.45. The van der Waals surface area contributed by atoms with E-state index in [2.05, 4.69) is 9.97 Å². The first-order valence-electron chi connectivity index (χ1n) is 5.45. The van der Waals surface area contributed by atoms with Crippen LogP contribution in [-0.4, -0.2) is 39.7 Å². The number of carbonyl (C=O) groups is 2. The third kappa shape index (κ3) is 3.43. The third-order valence-electron chi connectivity index (χ3n) is 2.57. The van der Waals surface area contributed by atoms with Gasteiger partial charge in [0.1, 0.15) is 0 Å². The number of aromatic nitrogens is 2. The molecule has 0 aliphatic heterocycles. The van der Waals surface area contributed by atoms with Gasteiger partial charge in [-0.25, -0.2) is 14.8 Å². The van der Waals surface area contributed by atoms with Crippen LogP contribution in [0.5, 0.6) is 0 Å². The van der Waals surface area contributed by atoms with Crippen LogP contribution in [0.2, 0.25) is 0 Å². The molecule has 0 fully saturated rings. The zero-order valence-electron chi connectivity index (χ0n) is 10.7. The lowest BCUT2D eigenvalue weighted by molar-refractivity contribution is -0.208. The van der Waals surface area contributed by atoms with Gasteiger partial charge in [0.2, 0.25) is 0 Å². The molecule has 110 valence electrons. The van der Waals surface area contributed by atoms with E-state index < -0.39 is 41.4 Å². The van der Waals surface area contributed by atoms with Crippen molar-refractivity contribution in [3.05, 3.63) is 23.8 Å². The molecule has 0 atom stereocenters. The lowest BCUT2D eigenvalue weighted by atomic mass is 9.93. The maximum atomic E-state index is 12.6. The van der Waals surface area contributed by atoms with E-state index >= 15 is 0 Å². The van der Waals surface area contributed by atoms with Crippen LogP contribution >= 0.6 is 0 Å². The molecule has 0 bridgehead atoms. The van der Waals surface area contributed by atoms with E-state index in [-0.39, 0.29) is 0 Å². The number of rotatable bonds is 4. The lowest BCUT2D eigenvalue weighted by Crippen LogP contribution is -2.43. The molecule has 0 aliphatic rings. The number of alkyl halides is 3. The minimum absolute atomic E-state index is 0.530. The molecular formula is C11H12F3N3O3. The lowest BCUT2D eigenvalue weighted by Gasteiger charge is -2.27. The first kappa shape index (κ1) is 15.9. The Morgan fingerprint density at radius 2 is 1.70 bits per heavy atom. The summed E-state index contributed by atoms with van der Waals surface area (Å²) in [6.07, 6.45) is -2.35. The quantitative estimate of drug-likeness (QED) is 0.877. The molecular weight excluding hydrogens is 279 g/mol. The van der Waals surface area contributed by atoms with E-state index in [1.54, 1.807) is 0 Å². The Labute approximate surface area is 112 Å². The minimum atomic E-state index is -4.50. The van der Waals surface area contributed by atoms with E-state index in [1.165, 1.54) is 0 Å². The maximum Gasteiger partial charge on any atom is 0.395 e. The van der Waals surface area contributed by atoms with Gasteiger partial charge in [-0.1, -0.05) is 0 Å². The van der Waals surface area contributed by atoms with Gasteiger partial charge in [-0.3, -0.25) is 4.79 Å². The van der Waals surface area contributed by atoms with Crippen molar-refractivity contribution in [2.75, 3.05) is 6.54 Å². The van der Waals surface area contributed by atoms with Crippen molar-refractivity contribution < 1.29 is 27.9 Å². The number of hydrogen-bond acceptors (Lipinski definition) is 4. The van der Waals surface area contributed by atoms with Gasteiger partial charge < -0.3 is 10.4 Å². The average molecular weight is 291 g/mol. The molecule has 0 saturated carbocycles. The molecule has 0 aliphatic carbocycles. The Kier molecular flexibility index (Phi) is 4.31. The number of nitrogens with one attached hydrogen (secondary N) is 1. The highest BCUT2D eigenvalue weighted by Gasteiger charge is 2.47. The van der Waals surface area contributed by atoms with E-state index in [1.807, 2.05) is 5.32 Å². The summed E-state index contributed by atoms with van der Waals surface area (Å²) in [4.78, 5) is 29.5. The van der Waals surface area contributed by atoms with Crippen LogP contribution in [0, 0.1) is 5.41 Å². The molecule has 1 amide bonds. The Hall–Kier alpha value is -2.19. The Morgan fingerprint density at radius 1 is 1.20 bits per heavy atom. The highest BCUT2D eigenvalue weighted by atomic mass is 19.4. The highest BCUT2D eigenvalue weighted by molar-refractivity contribution is 6.01. The fourth-order valence-corrected chi connectivity index (χ4v) is 1.15. The summed E-state index contributed by atoms with van der Waals surface area (Å²) in [6.45, 7) is 1.13. The van der Waals surface area contributed by atoms with Crippen LogP contribution in [0.15, 0.2) is 12.4 Å². The predicted octanol–water partition coefficient (Wildman–Crippen LogP) is 1.49. The largest absolute Gasteiger partial charge is 0.476 e. The zero-order valence-corrected chi connectivity index (χ0v) is 10.7. The summed E-state index contributed by atoms with van der Waals surface area (Å²) in [7, 11) is 0. The molecule has 1 aromatic rings. The fraction of sp³-hybridized carbons (Fsp3) is 0.455. The smallest absolute Gasteiger partial charge is 0.395 e. The molecule has 1 rings (SSSR count). The third-order valence-corrected chi connectivity index (χ3v) is 2.57. The van der Waals surface area contributed by atoms with Crippen molar-refractivity contribution in [2.24, 2.45) is 5.41 Å². The molecule has 1 aromatic heterocycles. The van der Waals surface area contributed by atoms with E-state index in [0.29, 0.717) is 0 Å². The highest BCUT2D eigenvalue weighted by Crippen LogP contribution is 2.36. The standard InChI is InChI=1S/C11H12F3N3O3/c1-10(2,11(12,13)14)5-17-8(18)6-7(9(19)20)16-4-3-15-6/h3-4H,5H2,1-2H3,(H,17,18)(H,19,20). The molecule has 1 heterocycles. The molecule has 9 heteroatoms. The number of amides is 1. The van der Waals surface area contributed by atoms with Gasteiger partial charge in [-0.05, 0) is 13.8 Å². The number of aromatic carboxylic acids is 1. The van der Waals surface area contributed by atoms with Crippen LogP contribution in [0.25, 0.3) is 0 Å². The van der Waals surface area contributed by atoms with Gasteiger partial charge in [0.15, 0.2) is 11.4 Å². The van der Waals surface area contributed by atoms with Gasteiger partial charge in [0, 0.05) is 18.9 Å². The van der Waals surface area contributed by atoms with E-state index in [0.717, 1.165) is 26.2 Å². The molecule has 2 N–H and O–H groups in total. The predicted molar refractivity (Wildman–Crippen MR) is 61.2 cm³/mol. The molecule has 6 nitrogen and oxygen atoms in total. The number of carboxylic acids is 1. The fourth-order valence-electron chi connectivity index (χ4n) is 1.15. The van der Waals surface area contributed by atoms with Crippen LogP contribution in [-0.2, 0) is 0 Å². The Morgan fingerprint density at radius 3 is 2.15 bits per heavy atom. The van der Waals surface area contributed by atoms with Gasteiger partial charge >= 0.3 is 12.1 Å². The van der Waals surface area contributed by atoms with E-state index in [4.69, 9.17) is 5.11 Å². The maximum absolute atomic E-state index is 12.6. The van der Waals surface area contributed by atoms with Crippen molar-refractivity contribution in [2.45, 2.75) is 20.0 Å². The molecule has 0 aromatic carbocycles. The van der Waals surface area contributed by atoms with E-state index in [9.17, 15) is 22.8 Å². The van der Waals surface area contributed by atoms with Crippen LogP contribution in [0.3, 0.4) is 0 Å². The molecule has 20 heavy (non-hydrogen) atoms. The van der Waals surface area contributed by atoms with Crippen molar-refractivity contribution in [1.29, 1.82) is 0 Å². The molecule has 0 unspecified atom stereocenters. The molecule has 0 radical (unpaired) electrons. The van der Waals surface area contributed by atoms with Gasteiger partial charge in [-0.15, -0.1) is 0 Å². The first-order chi connectivity index (χ1) is 9.06. The van der Waals surface area contributed by atoms with Gasteiger partial charge in [-0.2, -0.15) is 13.2 Å². The van der Waals surface area contributed by atoms with Crippen molar-refractivity contribution in [3.63, 3.8) is 0 Å².